The summed E-state index contributed by atoms with van der Waals surface area (Å²) in [6.45, 7) is 1.70. The van der Waals surface area contributed by atoms with Crippen LogP contribution in [-0.4, -0.2) is 24.4 Å². The number of carbonyl (C=O) groups excluding carboxylic acids is 3. The van der Waals surface area contributed by atoms with Gasteiger partial charge in [-0.3, -0.25) is 14.4 Å². The Morgan fingerprint density at radius 3 is 1.15 bits per heavy atom. The Labute approximate surface area is 74.8 Å². The van der Waals surface area contributed by atoms with Crippen LogP contribution in [0, 0.1) is 0 Å². The maximum atomic E-state index is 10.4. The van der Waals surface area contributed by atoms with Crippen LogP contribution in [0.4, 0.5) is 0 Å². The normalized spacial score (nSPS) is 9.23. The third kappa shape index (κ3) is 6.79. The molecule has 0 aromatic rings. The summed E-state index contributed by atoms with van der Waals surface area (Å²) in [6.07, 6.45) is 0. The van der Waals surface area contributed by atoms with Crippen LogP contribution in [0.2, 0.25) is 0 Å². The lowest BCUT2D eigenvalue weighted by molar-refractivity contribution is -0.254. The van der Waals surface area contributed by atoms with Crippen LogP contribution in [0.5, 0.6) is 0 Å². The molecule has 0 unspecified atom stereocenters. The molecule has 0 saturated carbocycles. The minimum Gasteiger partial charge on any atom is -0.391 e. The van der Waals surface area contributed by atoms with Gasteiger partial charge in [-0.1, -0.05) is 0 Å². The van der Waals surface area contributed by atoms with Gasteiger partial charge in [0.2, 0.25) is 0 Å². The fraction of sp³-hybridized carbons (Fsp3) is 0.571. The van der Waals surface area contributed by atoms with Gasteiger partial charge in [0.25, 0.3) is 0 Å². The van der Waals surface area contributed by atoms with Crippen LogP contribution < -0.4 is 0 Å². The largest absolute Gasteiger partial charge is 0.412 e. The van der Waals surface area contributed by atoms with E-state index in [1.165, 1.54) is 0 Å². The van der Waals surface area contributed by atoms with E-state index in [4.69, 9.17) is 0 Å². The molecule has 0 radical (unpaired) electrons. The predicted octanol–water partition coefficient (Wildman–Crippen LogP) is -0.0407. The molecule has 74 valence electrons. The lowest BCUT2D eigenvalue weighted by Gasteiger charge is -2.14. The first kappa shape index (κ1) is 11.4. The molecule has 0 spiro atoms. The Balaban J connectivity index is 4.10. The lowest BCUT2D eigenvalue weighted by atomic mass is 10.8. The molecule has 0 N–H and O–H groups in total. The van der Waals surface area contributed by atoms with Crippen molar-refractivity contribution in [3.8, 4) is 0 Å². The Hall–Kier alpha value is -1.59. The van der Waals surface area contributed by atoms with E-state index in [1.807, 2.05) is 0 Å². The van der Waals surface area contributed by atoms with Crippen LogP contribution in [0.1, 0.15) is 20.8 Å². The van der Waals surface area contributed by atoms with Crippen LogP contribution in [0.25, 0.3) is 0 Å². The molecule has 0 atom stereocenters. The van der Waals surface area contributed by atoms with Crippen molar-refractivity contribution in [2.75, 3.05) is 0 Å². The molecule has 0 aromatic heterocycles. The maximum absolute atomic E-state index is 10.4. The van der Waals surface area contributed by atoms with Crippen molar-refractivity contribution in [2.45, 2.75) is 27.2 Å². The lowest BCUT2D eigenvalue weighted by Crippen LogP contribution is -2.27. The van der Waals surface area contributed by atoms with Crippen molar-refractivity contribution >= 4 is 17.9 Å². The molecule has 0 aliphatic rings. The van der Waals surface area contributed by atoms with Crippen LogP contribution in [0.15, 0.2) is 0 Å². The van der Waals surface area contributed by atoms with Crippen molar-refractivity contribution in [3.63, 3.8) is 0 Å². The first-order chi connectivity index (χ1) is 5.91. The van der Waals surface area contributed by atoms with Gasteiger partial charge >= 0.3 is 24.4 Å². The van der Waals surface area contributed by atoms with Crippen molar-refractivity contribution in [3.05, 3.63) is 0 Å². The topological polar surface area (TPSA) is 78.9 Å². The Morgan fingerprint density at radius 1 is 0.769 bits per heavy atom. The highest BCUT2D eigenvalue weighted by Gasteiger charge is 2.17. The summed E-state index contributed by atoms with van der Waals surface area (Å²) in [6, 6.07) is 0. The Kier molecular flexibility index (Phi) is 4.50. The second-order valence-corrected chi connectivity index (χ2v) is 2.12. The summed E-state index contributed by atoms with van der Waals surface area (Å²) in [5.74, 6) is -2.15. The van der Waals surface area contributed by atoms with Gasteiger partial charge in [0.1, 0.15) is 0 Å². The molecule has 0 saturated heterocycles. The second kappa shape index (κ2) is 5.13. The smallest absolute Gasteiger partial charge is 0.391 e. The van der Waals surface area contributed by atoms with E-state index >= 15 is 0 Å². The van der Waals surface area contributed by atoms with Gasteiger partial charge in [-0.25, -0.2) is 0 Å². The van der Waals surface area contributed by atoms with Gasteiger partial charge in [0.05, 0.1) is 0 Å². The highest BCUT2D eigenvalue weighted by Crippen LogP contribution is 1.99. The summed E-state index contributed by atoms with van der Waals surface area (Å²) in [5.41, 5.74) is 0. The minimum absolute atomic E-state index is 0.715. The third-order valence-corrected chi connectivity index (χ3v) is 0.787. The van der Waals surface area contributed by atoms with Crippen molar-refractivity contribution in [1.29, 1.82) is 0 Å². The quantitative estimate of drug-likeness (QED) is 0.459. The van der Waals surface area contributed by atoms with Gasteiger partial charge in [0.15, 0.2) is 0 Å². The van der Waals surface area contributed by atoms with Gasteiger partial charge in [-0.05, 0) is 0 Å². The number of hydrogen-bond donors (Lipinski definition) is 0. The molecular weight excluding hydrogens is 180 g/mol. The monoisotopic (exact) mass is 190 g/mol. The predicted molar refractivity (Wildman–Crippen MR) is 39.1 cm³/mol. The molecule has 0 aromatic carbocycles. The third-order valence-electron chi connectivity index (χ3n) is 0.787. The van der Waals surface area contributed by atoms with E-state index in [0.717, 1.165) is 20.8 Å². The molecule has 0 amide bonds. The zero-order valence-corrected chi connectivity index (χ0v) is 7.53. The Bertz CT molecular complexity index is 183. The SMILES string of the molecule is CC(=O)OC(OC(C)=O)OC(C)=O. The highest BCUT2D eigenvalue weighted by molar-refractivity contribution is 5.69. The number of rotatable bonds is 3. The average Bonchev–Trinajstić information content (AvgIpc) is 1.80. The first-order valence-corrected chi connectivity index (χ1v) is 3.43. The number of carbonyl (C=O) groups is 3. The van der Waals surface area contributed by atoms with Crippen molar-refractivity contribution in [2.24, 2.45) is 0 Å². The van der Waals surface area contributed by atoms with E-state index in [-0.39, 0.29) is 0 Å². The first-order valence-electron chi connectivity index (χ1n) is 3.43. The van der Waals surface area contributed by atoms with E-state index in [1.54, 1.807) is 0 Å². The number of ether oxygens (including phenoxy) is 3. The number of esters is 3. The summed E-state index contributed by atoms with van der Waals surface area (Å²) in [7, 11) is 0. The summed E-state index contributed by atoms with van der Waals surface area (Å²) in [4.78, 5) is 31.2. The molecule has 6 nitrogen and oxygen atoms in total. The van der Waals surface area contributed by atoms with Crippen LogP contribution in [0.3, 0.4) is 0 Å². The zero-order valence-electron chi connectivity index (χ0n) is 7.53. The van der Waals surface area contributed by atoms with Crippen molar-refractivity contribution in [1.82, 2.24) is 0 Å². The molecular formula is C7H10O6. The highest BCUT2D eigenvalue weighted by atomic mass is 16.9. The molecule has 0 heterocycles. The molecule has 0 bridgehead atoms. The maximum Gasteiger partial charge on any atom is 0.412 e. The van der Waals surface area contributed by atoms with Gasteiger partial charge < -0.3 is 14.2 Å². The minimum atomic E-state index is -1.59. The van der Waals surface area contributed by atoms with E-state index in [9.17, 15) is 14.4 Å². The van der Waals surface area contributed by atoms with E-state index in [0.29, 0.717) is 0 Å². The fourth-order valence-electron chi connectivity index (χ4n) is 0.479. The van der Waals surface area contributed by atoms with Gasteiger partial charge in [0, 0.05) is 20.8 Å². The number of hydrogen-bond acceptors (Lipinski definition) is 6. The molecule has 13 heavy (non-hydrogen) atoms. The van der Waals surface area contributed by atoms with E-state index < -0.39 is 24.4 Å². The van der Waals surface area contributed by atoms with Crippen LogP contribution >= 0.6 is 0 Å². The standard InChI is InChI=1S/C7H10O6/c1-4(8)11-7(12-5(2)9)13-6(3)10/h7H,1-3H3. The average molecular weight is 190 g/mol. The summed E-state index contributed by atoms with van der Waals surface area (Å²) < 4.78 is 13.0. The molecule has 0 rings (SSSR count). The fourth-order valence-corrected chi connectivity index (χ4v) is 0.479. The molecule has 0 aliphatic carbocycles. The summed E-state index contributed by atoms with van der Waals surface area (Å²) >= 11 is 0. The Morgan fingerprint density at radius 2 is 1.00 bits per heavy atom. The molecule has 0 aliphatic heterocycles. The molecule has 0 fully saturated rings. The van der Waals surface area contributed by atoms with E-state index in [2.05, 4.69) is 14.2 Å². The zero-order chi connectivity index (χ0) is 10.4. The van der Waals surface area contributed by atoms with Crippen molar-refractivity contribution < 1.29 is 28.6 Å². The second-order valence-electron chi connectivity index (χ2n) is 2.12. The van der Waals surface area contributed by atoms with Crippen LogP contribution in [-0.2, 0) is 28.6 Å². The van der Waals surface area contributed by atoms with Gasteiger partial charge in [-0.2, -0.15) is 0 Å². The molecule has 6 heteroatoms. The van der Waals surface area contributed by atoms with Gasteiger partial charge in [-0.15, -0.1) is 0 Å². The summed E-state index contributed by atoms with van der Waals surface area (Å²) in [5, 5.41) is 0.